The lowest BCUT2D eigenvalue weighted by atomic mass is 10.0. The average Bonchev–Trinajstić information content (AvgIpc) is 3.21. The van der Waals surface area contributed by atoms with Gasteiger partial charge in [-0.3, -0.25) is 4.79 Å². The Bertz CT molecular complexity index is 821. The van der Waals surface area contributed by atoms with Gasteiger partial charge < -0.3 is 14.8 Å². The first kappa shape index (κ1) is 15.2. The molecule has 2 aromatic heterocycles. The zero-order valence-corrected chi connectivity index (χ0v) is 13.0. The monoisotopic (exact) mass is 314 g/mol. The molecular formula is C16H18N4O3. The van der Waals surface area contributed by atoms with Crippen LogP contribution in [0.1, 0.15) is 30.0 Å². The molecule has 7 nitrogen and oxygen atoms in total. The maximum Gasteiger partial charge on any atom is 0.251 e. The Hall–Kier alpha value is -2.67. The summed E-state index contributed by atoms with van der Waals surface area (Å²) in [6.07, 6.45) is 1.48. The molecule has 0 saturated carbocycles. The summed E-state index contributed by atoms with van der Waals surface area (Å²) in [5, 5.41) is 21.1. The molecule has 0 aliphatic heterocycles. The fraction of sp³-hybridized carbons (Fsp3) is 0.312. The molecule has 2 N–H and O–H groups in total. The highest BCUT2D eigenvalue weighted by Gasteiger charge is 2.27. The van der Waals surface area contributed by atoms with Crippen LogP contribution in [0.25, 0.3) is 11.0 Å². The van der Waals surface area contributed by atoms with Crippen molar-refractivity contribution in [2.45, 2.75) is 26.0 Å². The van der Waals surface area contributed by atoms with E-state index < -0.39 is 5.60 Å². The van der Waals surface area contributed by atoms with Crippen molar-refractivity contribution >= 4 is 16.9 Å². The van der Waals surface area contributed by atoms with Gasteiger partial charge in [-0.25, -0.2) is 4.68 Å². The van der Waals surface area contributed by atoms with Crippen molar-refractivity contribution in [2.75, 3.05) is 6.54 Å². The fourth-order valence-corrected chi connectivity index (χ4v) is 2.37. The minimum Gasteiger partial charge on any atom is -0.466 e. The lowest BCUT2D eigenvalue weighted by Gasteiger charge is -2.21. The van der Waals surface area contributed by atoms with E-state index in [9.17, 15) is 9.90 Å². The van der Waals surface area contributed by atoms with Crippen molar-refractivity contribution in [3.05, 3.63) is 47.9 Å². The highest BCUT2D eigenvalue weighted by molar-refractivity contribution is 5.97. The molecule has 1 atom stereocenters. The number of fused-ring (bicyclic) bond motifs is 1. The van der Waals surface area contributed by atoms with Gasteiger partial charge in [0.2, 0.25) is 0 Å². The molecular weight excluding hydrogens is 296 g/mol. The number of carbonyl (C=O) groups excluding carboxylic acids is 1. The van der Waals surface area contributed by atoms with Gasteiger partial charge in [-0.1, -0.05) is 5.21 Å². The quantitative estimate of drug-likeness (QED) is 0.747. The van der Waals surface area contributed by atoms with Crippen molar-refractivity contribution in [1.29, 1.82) is 0 Å². The molecule has 0 spiro atoms. The van der Waals surface area contributed by atoms with E-state index >= 15 is 0 Å². The number of furan rings is 1. The van der Waals surface area contributed by atoms with Crippen LogP contribution in [0.4, 0.5) is 0 Å². The van der Waals surface area contributed by atoms with E-state index in [-0.39, 0.29) is 12.5 Å². The molecule has 120 valence electrons. The fourth-order valence-electron chi connectivity index (χ4n) is 2.37. The standard InChI is InChI=1S/C16H18N4O3/c1-3-20-13-7-6-11(9-12(13)18-19-20)15(21)17-10-16(2,22)14-5-4-8-23-14/h4-9,22H,3,10H2,1-2H3,(H,17,21). The average molecular weight is 314 g/mol. The Morgan fingerprint density at radius 2 is 2.26 bits per heavy atom. The molecule has 1 aromatic carbocycles. The number of aliphatic hydroxyl groups is 1. The zero-order valence-electron chi connectivity index (χ0n) is 13.0. The summed E-state index contributed by atoms with van der Waals surface area (Å²) < 4.78 is 6.95. The second-order valence-corrected chi connectivity index (χ2v) is 5.54. The largest absolute Gasteiger partial charge is 0.466 e. The molecule has 7 heteroatoms. The number of hydrogen-bond acceptors (Lipinski definition) is 5. The van der Waals surface area contributed by atoms with Crippen LogP contribution in [0, 0.1) is 0 Å². The van der Waals surface area contributed by atoms with Gasteiger partial charge >= 0.3 is 0 Å². The molecule has 0 fully saturated rings. The summed E-state index contributed by atoms with van der Waals surface area (Å²) in [6, 6.07) is 8.58. The summed E-state index contributed by atoms with van der Waals surface area (Å²) in [5.41, 5.74) is 0.744. The molecule has 1 amide bonds. The number of aromatic nitrogens is 3. The summed E-state index contributed by atoms with van der Waals surface area (Å²) in [7, 11) is 0. The normalized spacial score (nSPS) is 13.9. The van der Waals surface area contributed by atoms with Crippen molar-refractivity contribution in [1.82, 2.24) is 20.3 Å². The predicted octanol–water partition coefficient (Wildman–Crippen LogP) is 1.68. The SMILES string of the molecule is CCn1nnc2cc(C(=O)NCC(C)(O)c3ccco3)ccc21. The van der Waals surface area contributed by atoms with E-state index in [2.05, 4.69) is 15.6 Å². The number of benzene rings is 1. The van der Waals surface area contributed by atoms with Gasteiger partial charge in [-0.05, 0) is 44.2 Å². The highest BCUT2D eigenvalue weighted by Crippen LogP contribution is 2.20. The third-order valence-corrected chi connectivity index (χ3v) is 3.72. The number of carbonyl (C=O) groups is 1. The smallest absolute Gasteiger partial charge is 0.251 e. The second kappa shape index (κ2) is 5.85. The second-order valence-electron chi connectivity index (χ2n) is 5.54. The van der Waals surface area contributed by atoms with Crippen molar-refractivity contribution in [2.24, 2.45) is 0 Å². The Labute approximate surface area is 132 Å². The predicted molar refractivity (Wildman–Crippen MR) is 83.8 cm³/mol. The van der Waals surface area contributed by atoms with Crippen LogP contribution in [0.15, 0.2) is 41.0 Å². The van der Waals surface area contributed by atoms with E-state index in [1.807, 2.05) is 13.0 Å². The van der Waals surface area contributed by atoms with Crippen molar-refractivity contribution in [3.8, 4) is 0 Å². The maximum absolute atomic E-state index is 12.3. The summed E-state index contributed by atoms with van der Waals surface area (Å²) in [4.78, 5) is 12.3. The van der Waals surface area contributed by atoms with E-state index in [1.165, 1.54) is 6.26 Å². The Balaban J connectivity index is 1.73. The maximum atomic E-state index is 12.3. The van der Waals surface area contributed by atoms with Crippen LogP contribution in [0.5, 0.6) is 0 Å². The van der Waals surface area contributed by atoms with E-state index in [4.69, 9.17) is 4.42 Å². The molecule has 3 aromatic rings. The number of hydrogen-bond donors (Lipinski definition) is 2. The molecule has 23 heavy (non-hydrogen) atoms. The summed E-state index contributed by atoms with van der Waals surface area (Å²) in [5.74, 6) is 0.115. The Morgan fingerprint density at radius 1 is 1.43 bits per heavy atom. The molecule has 1 unspecified atom stereocenters. The summed E-state index contributed by atoms with van der Waals surface area (Å²) in [6.45, 7) is 4.32. The molecule has 0 bridgehead atoms. The van der Waals surface area contributed by atoms with E-state index in [0.717, 1.165) is 5.52 Å². The Morgan fingerprint density at radius 3 is 2.96 bits per heavy atom. The number of amides is 1. The van der Waals surface area contributed by atoms with Gasteiger partial charge in [0.15, 0.2) is 0 Å². The topological polar surface area (TPSA) is 93.2 Å². The van der Waals surface area contributed by atoms with Gasteiger partial charge in [-0.2, -0.15) is 0 Å². The minimum absolute atomic E-state index is 0.0407. The third-order valence-electron chi connectivity index (χ3n) is 3.72. The van der Waals surface area contributed by atoms with Gasteiger partial charge in [0.05, 0.1) is 18.3 Å². The zero-order chi connectivity index (χ0) is 16.4. The molecule has 2 heterocycles. The van der Waals surface area contributed by atoms with Crippen LogP contribution in [-0.2, 0) is 12.1 Å². The van der Waals surface area contributed by atoms with Crippen molar-refractivity contribution < 1.29 is 14.3 Å². The first-order valence-electron chi connectivity index (χ1n) is 7.39. The van der Waals surface area contributed by atoms with Gasteiger partial charge in [0, 0.05) is 12.1 Å². The van der Waals surface area contributed by atoms with Crippen LogP contribution in [0.3, 0.4) is 0 Å². The summed E-state index contributed by atoms with van der Waals surface area (Å²) >= 11 is 0. The Kier molecular flexibility index (Phi) is 3.87. The number of aryl methyl sites for hydroxylation is 1. The first-order valence-corrected chi connectivity index (χ1v) is 7.39. The van der Waals surface area contributed by atoms with Crippen LogP contribution in [-0.4, -0.2) is 32.6 Å². The lowest BCUT2D eigenvalue weighted by molar-refractivity contribution is 0.0330. The van der Waals surface area contributed by atoms with Crippen molar-refractivity contribution in [3.63, 3.8) is 0 Å². The number of rotatable bonds is 5. The van der Waals surface area contributed by atoms with Gasteiger partial charge in [0.1, 0.15) is 16.9 Å². The van der Waals surface area contributed by atoms with Crippen LogP contribution in [0.2, 0.25) is 0 Å². The first-order chi connectivity index (χ1) is 11.0. The molecule has 0 aliphatic carbocycles. The van der Waals surface area contributed by atoms with E-state index in [1.54, 1.807) is 35.9 Å². The number of nitrogens with zero attached hydrogens (tertiary/aromatic N) is 3. The molecule has 0 radical (unpaired) electrons. The van der Waals surface area contributed by atoms with Crippen LogP contribution < -0.4 is 5.32 Å². The number of nitrogens with one attached hydrogen (secondary N) is 1. The molecule has 0 aliphatic rings. The third kappa shape index (κ3) is 2.95. The van der Waals surface area contributed by atoms with E-state index in [0.29, 0.717) is 23.4 Å². The highest BCUT2D eigenvalue weighted by atomic mass is 16.4. The molecule has 3 rings (SSSR count). The lowest BCUT2D eigenvalue weighted by Crippen LogP contribution is -2.38. The van der Waals surface area contributed by atoms with Gasteiger partial charge in [0.25, 0.3) is 5.91 Å². The van der Waals surface area contributed by atoms with Gasteiger partial charge in [-0.15, -0.1) is 5.10 Å². The van der Waals surface area contributed by atoms with Crippen LogP contribution >= 0.6 is 0 Å². The molecule has 0 saturated heterocycles. The minimum atomic E-state index is -1.27.